The largest absolute Gasteiger partial charge is 0.456 e. The Hall–Kier alpha value is -8.97. The average Bonchev–Trinajstić information content (AvgIpc) is 1.52. The van der Waals surface area contributed by atoms with Gasteiger partial charge in [-0.1, -0.05) is 212 Å². The molecule has 5 nitrogen and oxygen atoms in total. The minimum Gasteiger partial charge on any atom is -0.456 e. The van der Waals surface area contributed by atoms with Gasteiger partial charge in [0.05, 0.1) is 42.6 Å². The molecule has 0 amide bonds. The van der Waals surface area contributed by atoms with Gasteiger partial charge in [0.25, 0.3) is 0 Å². The van der Waals surface area contributed by atoms with Crippen molar-refractivity contribution < 1.29 is 35.9 Å². The van der Waals surface area contributed by atoms with Crippen molar-refractivity contribution >= 4 is 72.6 Å². The number of rotatable bonds is 9. The normalized spacial score (nSPS) is 16.4. The van der Waals surface area contributed by atoms with Gasteiger partial charge in [0.2, 0.25) is 0 Å². The topological polar surface area (TPSA) is 56.7 Å². The van der Waals surface area contributed by atoms with Crippen molar-refractivity contribution in [1.82, 2.24) is 19.5 Å². The first-order chi connectivity index (χ1) is 43.8. The van der Waals surface area contributed by atoms with Gasteiger partial charge in [-0.15, -0.1) is 0 Å². The van der Waals surface area contributed by atoms with Crippen LogP contribution in [0.2, 0.25) is 0 Å². The molecule has 0 radical (unpaired) electrons. The van der Waals surface area contributed by atoms with Gasteiger partial charge in [0, 0.05) is 43.9 Å². The molecule has 0 atom stereocenters. The van der Waals surface area contributed by atoms with Gasteiger partial charge < -0.3 is 8.98 Å². The lowest BCUT2D eigenvalue weighted by Gasteiger charge is -2.34. The van der Waals surface area contributed by atoms with Crippen LogP contribution in [0.1, 0.15) is 31.5 Å². The van der Waals surface area contributed by atoms with E-state index in [2.05, 4.69) is 0 Å². The third-order valence-electron chi connectivity index (χ3n) is 11.9. The van der Waals surface area contributed by atoms with Gasteiger partial charge in [-0.25, -0.2) is 15.0 Å². The zero-order valence-electron chi connectivity index (χ0n) is 58.7. The number of hydrogen-bond donors (Lipinski definition) is 0. The molecule has 324 valence electrons. The number of fused-ring (bicyclic) bond motifs is 6. The fourth-order valence-corrected chi connectivity index (χ4v) is 13.8. The second-order valence-electron chi connectivity index (χ2n) is 15.8. The van der Waals surface area contributed by atoms with E-state index in [9.17, 15) is 15.1 Å². The van der Waals surface area contributed by atoms with E-state index in [-0.39, 0.29) is 16.8 Å². The number of hydrogen-bond acceptors (Lipinski definition) is 4. The Morgan fingerprint density at radius 1 is 0.377 bits per heavy atom. The van der Waals surface area contributed by atoms with Gasteiger partial charge in [-0.05, 0) is 74.2 Å². The predicted molar refractivity (Wildman–Crippen MR) is 287 cm³/mol. The van der Waals surface area contributed by atoms with E-state index < -0.39 is 225 Å². The number of furan rings is 1. The van der Waals surface area contributed by atoms with E-state index in [1.165, 1.54) is 0 Å². The fraction of sp³-hybridized carbons (Fsp3) is 0. The van der Waals surface area contributed by atoms with Crippen molar-refractivity contribution in [2.75, 3.05) is 0 Å². The molecule has 10 aromatic carbocycles. The lowest BCUT2D eigenvalue weighted by molar-refractivity contribution is 0.669. The molecule has 0 aliphatic carbocycles. The molecule has 69 heavy (non-hydrogen) atoms. The van der Waals surface area contributed by atoms with Crippen LogP contribution in [0.25, 0.3) is 94.7 Å². The van der Waals surface area contributed by atoms with Crippen molar-refractivity contribution in [3.63, 3.8) is 0 Å². The summed E-state index contributed by atoms with van der Waals surface area (Å²) in [6.45, 7) is 0. The van der Waals surface area contributed by atoms with Crippen molar-refractivity contribution in [2.24, 2.45) is 0 Å². The van der Waals surface area contributed by atoms with Crippen molar-refractivity contribution in [3.8, 4) is 51.0 Å². The highest BCUT2D eigenvalue weighted by Crippen LogP contribution is 2.38. The monoisotopic (exact) mass is 921 g/mol. The van der Waals surface area contributed by atoms with Crippen LogP contribution in [-0.4, -0.2) is 27.6 Å². The molecular weight excluding hydrogens is 857 g/mol. The van der Waals surface area contributed by atoms with E-state index in [0.717, 1.165) is 25.3 Å². The molecule has 0 bridgehead atoms. The molecule has 0 spiro atoms. The number of para-hydroxylation sites is 3. The smallest absolute Gasteiger partial charge is 0.179 e. The van der Waals surface area contributed by atoms with Crippen LogP contribution in [0.3, 0.4) is 0 Å². The Bertz CT molecular complexity index is 5230. The van der Waals surface area contributed by atoms with E-state index in [4.69, 9.17) is 35.8 Å². The molecule has 0 aliphatic rings. The molecule has 0 unspecified atom stereocenters. The van der Waals surface area contributed by atoms with Crippen molar-refractivity contribution in [1.29, 1.82) is 0 Å². The van der Waals surface area contributed by atoms with Crippen molar-refractivity contribution in [3.05, 3.63) is 254 Å². The molecule has 0 N–H and O–H groups in total. The van der Waals surface area contributed by atoms with Gasteiger partial charge >= 0.3 is 0 Å². The quantitative estimate of drug-likeness (QED) is 0.107. The van der Waals surface area contributed by atoms with Crippen LogP contribution in [0.5, 0.6) is 0 Å². The molecule has 0 fully saturated rings. The molecule has 3 heterocycles. The lowest BCUT2D eigenvalue weighted by Crippen LogP contribution is -2.74. The zero-order chi connectivity index (χ0) is 65.7. The van der Waals surface area contributed by atoms with Crippen LogP contribution in [0, 0.1) is 0 Å². The summed E-state index contributed by atoms with van der Waals surface area (Å²) in [6.07, 6.45) is 0. The highest BCUT2D eigenvalue weighted by atomic mass is 28.3. The summed E-state index contributed by atoms with van der Waals surface area (Å²) in [5.41, 5.74) is -5.20. The van der Waals surface area contributed by atoms with Crippen LogP contribution in [-0.2, 0) is 0 Å². The maximum absolute atomic E-state index is 10.2. The summed E-state index contributed by atoms with van der Waals surface area (Å²) >= 11 is 0. The summed E-state index contributed by atoms with van der Waals surface area (Å²) in [5.74, 6) is -1.68. The minimum absolute atomic E-state index is 0.196. The first-order valence-electron chi connectivity index (χ1n) is 33.0. The highest BCUT2D eigenvalue weighted by molar-refractivity contribution is 7.19. The minimum atomic E-state index is -3.42. The SMILES string of the molecule is [2H]c1c([2H])c([2H])c(-c2c([2H])c([2H])c3oc4c([2H])c([2H])c([2H])c([2H])c4c3c2[2H])c(-c2nc(-c3cccc([Si](c4ccccc4)(c4ccccc4)c4ccccc4)c3)nc(-c3c([2H])c([2H])c([2H])c(-n4c5c([2H])c([2H])c([2H])c([2H])c5c5c([2H])c([2H])c([2H])c([2H])c54)c3[2H])n2)c1[2H]. The lowest BCUT2D eigenvalue weighted by atomic mass is 9.97. The zero-order valence-corrected chi connectivity index (χ0v) is 36.7. The first kappa shape index (κ1) is 23.2. The van der Waals surface area contributed by atoms with Gasteiger partial charge in [-0.2, -0.15) is 0 Å². The molecule has 0 aliphatic heterocycles. The van der Waals surface area contributed by atoms with Crippen LogP contribution >= 0.6 is 0 Å². The second-order valence-corrected chi connectivity index (χ2v) is 19.6. The van der Waals surface area contributed by atoms with Gasteiger partial charge in [0.15, 0.2) is 25.5 Å². The van der Waals surface area contributed by atoms with E-state index in [0.29, 0.717) is 0 Å². The summed E-state index contributed by atoms with van der Waals surface area (Å²) in [5, 5.41) is 1.99. The summed E-state index contributed by atoms with van der Waals surface area (Å²) in [7, 11) is -3.42. The molecule has 13 aromatic rings. The standard InChI is InChI=1S/C63H42N4OSi/c1-4-23-47(24-5-1)69(48-25-6-2-7-26-48,49-27-8-3-9-28-49)50-29-19-21-45(41-50)62-64-61(44-20-18-22-46(40-44)67-57-35-15-12-31-52(57)53-32-13-16-36-58(53)67)65-63(66-62)55-34-11-10-30-51(55)43-38-39-60-56(42-43)54-33-14-17-37-59(54)68-60/h1-42H/i10D,11D,12D,13D,14D,15D,16D,17D,18D,20D,22D,30D,31D,32D,33D,34D,35D,36D,37D,38D,39D,40D,42D. The first-order valence-corrected chi connectivity index (χ1v) is 23.5. The Labute approximate surface area is 432 Å². The Morgan fingerprint density at radius 2 is 0.913 bits per heavy atom. The predicted octanol–water partition coefficient (Wildman–Crippen LogP) is 12.9. The molecule has 6 heteroatoms. The van der Waals surface area contributed by atoms with Crippen molar-refractivity contribution in [2.45, 2.75) is 0 Å². The molecule has 0 saturated carbocycles. The Balaban J connectivity index is 1.19. The maximum Gasteiger partial charge on any atom is 0.179 e. The average molecular weight is 922 g/mol. The maximum atomic E-state index is 10.2. The van der Waals surface area contributed by atoms with E-state index in [1.54, 1.807) is 12.1 Å². The van der Waals surface area contributed by atoms with Gasteiger partial charge in [-0.3, -0.25) is 0 Å². The molecule has 3 aromatic heterocycles. The third-order valence-corrected chi connectivity index (χ3v) is 16.7. The number of aromatic nitrogens is 4. The number of benzene rings is 10. The second kappa shape index (κ2) is 16.7. The van der Waals surface area contributed by atoms with E-state index in [1.807, 2.05) is 103 Å². The summed E-state index contributed by atoms with van der Waals surface area (Å²) in [4.78, 5) is 14.6. The number of nitrogens with zero attached hydrogens (tertiary/aromatic N) is 4. The Morgan fingerprint density at radius 3 is 1.58 bits per heavy atom. The van der Waals surface area contributed by atoms with Crippen LogP contribution in [0.4, 0.5) is 0 Å². The molecule has 13 rings (SSSR count). The highest BCUT2D eigenvalue weighted by Gasteiger charge is 2.41. The Kier molecular flexibility index (Phi) is 5.61. The molecular formula is C63H42N4OSi. The third kappa shape index (κ3) is 6.80. The molecule has 0 saturated heterocycles. The van der Waals surface area contributed by atoms with E-state index >= 15 is 0 Å². The summed E-state index contributed by atoms with van der Waals surface area (Å²) < 4.78 is 217. The van der Waals surface area contributed by atoms with Gasteiger partial charge in [0.1, 0.15) is 11.2 Å². The fourth-order valence-electron chi connectivity index (χ4n) is 8.98. The summed E-state index contributed by atoms with van der Waals surface area (Å²) in [6, 6.07) is 17.8. The van der Waals surface area contributed by atoms with Crippen LogP contribution < -0.4 is 20.7 Å². The van der Waals surface area contributed by atoms with Crippen LogP contribution in [0.15, 0.2) is 259 Å².